The number of nitrogens with one attached hydrogen (secondary N) is 2. The SMILES string of the molecule is Cc1cc(NC(=O)CN2CCN(CC(=O)NC3(C#N)CCCC3)CC2)no1. The van der Waals surface area contributed by atoms with Crippen LogP contribution in [0.25, 0.3) is 0 Å². The Labute approximate surface area is 158 Å². The molecule has 9 nitrogen and oxygen atoms in total. The highest BCUT2D eigenvalue weighted by molar-refractivity contribution is 5.91. The monoisotopic (exact) mass is 374 g/mol. The minimum atomic E-state index is -0.670. The van der Waals surface area contributed by atoms with Crippen LogP contribution in [0.3, 0.4) is 0 Å². The van der Waals surface area contributed by atoms with Crippen molar-refractivity contribution in [2.75, 3.05) is 44.6 Å². The number of rotatable bonds is 6. The van der Waals surface area contributed by atoms with Gasteiger partial charge in [-0.25, -0.2) is 0 Å². The van der Waals surface area contributed by atoms with Gasteiger partial charge in [-0.1, -0.05) is 5.16 Å². The van der Waals surface area contributed by atoms with Gasteiger partial charge in [0.25, 0.3) is 0 Å². The lowest BCUT2D eigenvalue weighted by molar-refractivity contribution is -0.124. The molecule has 1 aliphatic heterocycles. The Bertz CT molecular complexity index is 711. The fourth-order valence-corrected chi connectivity index (χ4v) is 3.67. The van der Waals surface area contributed by atoms with Crippen molar-refractivity contribution in [2.24, 2.45) is 0 Å². The normalized spacial score (nSPS) is 20.1. The van der Waals surface area contributed by atoms with Gasteiger partial charge < -0.3 is 15.2 Å². The molecule has 2 amide bonds. The standard InChI is InChI=1S/C18H26N6O3/c1-14-10-15(22-27-14)20-16(25)11-23-6-8-24(9-7-23)12-17(26)21-18(13-19)4-2-3-5-18/h10H,2-9,11-12H2,1H3,(H,21,26)(H,20,22,25). The second kappa shape index (κ2) is 8.50. The van der Waals surface area contributed by atoms with E-state index in [2.05, 4.69) is 26.8 Å². The number of nitriles is 1. The third-order valence-electron chi connectivity index (χ3n) is 5.14. The van der Waals surface area contributed by atoms with Crippen molar-refractivity contribution in [1.82, 2.24) is 20.3 Å². The highest BCUT2D eigenvalue weighted by Gasteiger charge is 2.35. The summed E-state index contributed by atoms with van der Waals surface area (Å²) in [6.07, 6.45) is 3.46. The lowest BCUT2D eigenvalue weighted by atomic mass is 10.00. The first-order valence-electron chi connectivity index (χ1n) is 9.38. The average Bonchev–Trinajstić information content (AvgIpc) is 3.26. The third-order valence-corrected chi connectivity index (χ3v) is 5.14. The Kier molecular flexibility index (Phi) is 6.08. The number of amides is 2. The topological polar surface area (TPSA) is 114 Å². The van der Waals surface area contributed by atoms with Crippen LogP contribution >= 0.6 is 0 Å². The van der Waals surface area contributed by atoms with Gasteiger partial charge in [-0.2, -0.15) is 5.26 Å². The van der Waals surface area contributed by atoms with Crippen molar-refractivity contribution in [2.45, 2.75) is 38.1 Å². The van der Waals surface area contributed by atoms with E-state index in [4.69, 9.17) is 4.52 Å². The van der Waals surface area contributed by atoms with Crippen LogP contribution in [0.2, 0.25) is 0 Å². The summed E-state index contributed by atoms with van der Waals surface area (Å²) in [4.78, 5) is 28.5. The molecule has 3 rings (SSSR count). The van der Waals surface area contributed by atoms with E-state index in [1.807, 2.05) is 4.90 Å². The second-order valence-electron chi connectivity index (χ2n) is 7.37. The molecule has 0 unspecified atom stereocenters. The number of anilines is 1. The molecular formula is C18H26N6O3. The van der Waals surface area contributed by atoms with Crippen LogP contribution in [-0.2, 0) is 9.59 Å². The zero-order valence-corrected chi connectivity index (χ0v) is 15.7. The molecule has 9 heteroatoms. The van der Waals surface area contributed by atoms with Gasteiger partial charge in [-0.05, 0) is 32.6 Å². The van der Waals surface area contributed by atoms with Crippen molar-refractivity contribution in [3.05, 3.63) is 11.8 Å². The van der Waals surface area contributed by atoms with E-state index in [0.29, 0.717) is 44.3 Å². The molecule has 2 fully saturated rings. The number of hydrogen-bond acceptors (Lipinski definition) is 7. The first-order valence-corrected chi connectivity index (χ1v) is 9.38. The molecule has 0 atom stereocenters. The van der Waals surface area contributed by atoms with Crippen molar-refractivity contribution in [3.8, 4) is 6.07 Å². The number of hydrogen-bond donors (Lipinski definition) is 2. The molecule has 0 spiro atoms. The van der Waals surface area contributed by atoms with Gasteiger partial charge in [0, 0.05) is 32.2 Å². The van der Waals surface area contributed by atoms with Gasteiger partial charge in [0.1, 0.15) is 11.3 Å². The van der Waals surface area contributed by atoms with E-state index in [1.54, 1.807) is 13.0 Å². The Morgan fingerprint density at radius 3 is 2.30 bits per heavy atom. The summed E-state index contributed by atoms with van der Waals surface area (Å²) in [5.41, 5.74) is -0.670. The molecule has 1 aliphatic carbocycles. The molecule has 1 saturated heterocycles. The summed E-state index contributed by atoms with van der Waals surface area (Å²) in [5, 5.41) is 18.7. The molecule has 146 valence electrons. The molecule has 2 heterocycles. The largest absolute Gasteiger partial charge is 0.360 e. The molecule has 1 saturated carbocycles. The minimum Gasteiger partial charge on any atom is -0.360 e. The van der Waals surface area contributed by atoms with Crippen LogP contribution in [-0.4, -0.2) is 71.6 Å². The average molecular weight is 374 g/mol. The summed E-state index contributed by atoms with van der Waals surface area (Å²) >= 11 is 0. The zero-order valence-electron chi connectivity index (χ0n) is 15.7. The second-order valence-corrected chi connectivity index (χ2v) is 7.37. The van der Waals surface area contributed by atoms with E-state index < -0.39 is 5.54 Å². The molecule has 1 aromatic heterocycles. The molecule has 0 bridgehead atoms. The van der Waals surface area contributed by atoms with Gasteiger partial charge in [0.05, 0.1) is 19.2 Å². The predicted molar refractivity (Wildman–Crippen MR) is 97.7 cm³/mol. The third kappa shape index (κ3) is 5.28. The Morgan fingerprint density at radius 1 is 1.19 bits per heavy atom. The molecule has 2 N–H and O–H groups in total. The maximum atomic E-state index is 12.3. The van der Waals surface area contributed by atoms with E-state index in [9.17, 15) is 14.9 Å². The minimum absolute atomic E-state index is 0.0916. The first kappa shape index (κ1) is 19.3. The summed E-state index contributed by atoms with van der Waals surface area (Å²) in [7, 11) is 0. The van der Waals surface area contributed by atoms with E-state index in [0.717, 1.165) is 25.7 Å². The van der Waals surface area contributed by atoms with Crippen LogP contribution in [0, 0.1) is 18.3 Å². The van der Waals surface area contributed by atoms with Crippen molar-refractivity contribution < 1.29 is 14.1 Å². The van der Waals surface area contributed by atoms with Crippen LogP contribution in [0.4, 0.5) is 5.82 Å². The van der Waals surface area contributed by atoms with Crippen LogP contribution in [0.1, 0.15) is 31.4 Å². The van der Waals surface area contributed by atoms with Crippen molar-refractivity contribution in [1.29, 1.82) is 5.26 Å². The van der Waals surface area contributed by atoms with Crippen molar-refractivity contribution in [3.63, 3.8) is 0 Å². The highest BCUT2D eigenvalue weighted by atomic mass is 16.5. The van der Waals surface area contributed by atoms with Gasteiger partial charge >= 0.3 is 0 Å². The number of aryl methyl sites for hydroxylation is 1. The van der Waals surface area contributed by atoms with E-state index >= 15 is 0 Å². The lowest BCUT2D eigenvalue weighted by Gasteiger charge is -2.34. The molecule has 0 aromatic carbocycles. The Hall–Kier alpha value is -2.44. The van der Waals surface area contributed by atoms with E-state index in [-0.39, 0.29) is 18.4 Å². The number of nitrogens with zero attached hydrogens (tertiary/aromatic N) is 4. The zero-order chi connectivity index (χ0) is 19.3. The number of carbonyl (C=O) groups excluding carboxylic acids is 2. The molecule has 0 radical (unpaired) electrons. The van der Waals surface area contributed by atoms with E-state index in [1.165, 1.54) is 0 Å². The Morgan fingerprint density at radius 2 is 1.78 bits per heavy atom. The number of aromatic nitrogens is 1. The maximum absolute atomic E-state index is 12.3. The Balaban J connectivity index is 1.38. The lowest BCUT2D eigenvalue weighted by Crippen LogP contribution is -2.53. The molecule has 27 heavy (non-hydrogen) atoms. The quantitative estimate of drug-likeness (QED) is 0.745. The molecule has 2 aliphatic rings. The van der Waals surface area contributed by atoms with Gasteiger partial charge in [-0.15, -0.1) is 0 Å². The molecule has 1 aromatic rings. The fourth-order valence-electron chi connectivity index (χ4n) is 3.67. The smallest absolute Gasteiger partial charge is 0.239 e. The number of piperazine rings is 1. The maximum Gasteiger partial charge on any atom is 0.239 e. The summed E-state index contributed by atoms with van der Waals surface area (Å²) in [6.45, 7) is 5.19. The first-order chi connectivity index (χ1) is 13.0. The van der Waals surface area contributed by atoms with Crippen LogP contribution < -0.4 is 10.6 Å². The van der Waals surface area contributed by atoms with Gasteiger partial charge in [-0.3, -0.25) is 19.4 Å². The van der Waals surface area contributed by atoms with Crippen LogP contribution in [0.15, 0.2) is 10.6 Å². The molecular weight excluding hydrogens is 348 g/mol. The van der Waals surface area contributed by atoms with Gasteiger partial charge in [0.2, 0.25) is 11.8 Å². The van der Waals surface area contributed by atoms with Crippen LogP contribution in [0.5, 0.6) is 0 Å². The predicted octanol–water partition coefficient (Wildman–Crippen LogP) is 0.492. The summed E-state index contributed by atoms with van der Waals surface area (Å²) in [6, 6.07) is 3.95. The van der Waals surface area contributed by atoms with Gasteiger partial charge in [0.15, 0.2) is 5.82 Å². The van der Waals surface area contributed by atoms with Crippen molar-refractivity contribution >= 4 is 17.6 Å². The fraction of sp³-hybridized carbons (Fsp3) is 0.667. The highest BCUT2D eigenvalue weighted by Crippen LogP contribution is 2.28. The number of carbonyl (C=O) groups is 2. The summed E-state index contributed by atoms with van der Waals surface area (Å²) < 4.78 is 4.93. The summed E-state index contributed by atoms with van der Waals surface area (Å²) in [5.74, 6) is 0.844.